The summed E-state index contributed by atoms with van der Waals surface area (Å²) in [6.45, 7) is 4.87. The second-order valence-electron chi connectivity index (χ2n) is 8.43. The lowest BCUT2D eigenvalue weighted by atomic mass is 9.97. The first-order valence-electron chi connectivity index (χ1n) is 11.3. The van der Waals surface area contributed by atoms with Crippen LogP contribution in [-0.4, -0.2) is 37.5 Å². The van der Waals surface area contributed by atoms with E-state index in [2.05, 4.69) is 24.4 Å². The lowest BCUT2D eigenvalue weighted by Gasteiger charge is -2.32. The highest BCUT2D eigenvalue weighted by Gasteiger charge is 2.32. The van der Waals surface area contributed by atoms with Gasteiger partial charge < -0.3 is 5.32 Å². The van der Waals surface area contributed by atoms with Gasteiger partial charge in [-0.2, -0.15) is 0 Å². The molecule has 1 N–H and O–H groups in total. The van der Waals surface area contributed by atoms with Gasteiger partial charge in [0, 0.05) is 13.1 Å². The Labute approximate surface area is 186 Å². The summed E-state index contributed by atoms with van der Waals surface area (Å²) >= 11 is 0. The molecule has 1 saturated heterocycles. The average Bonchev–Trinajstić information content (AvgIpc) is 2.79. The number of carbonyl (C=O) groups excluding carboxylic acids is 1. The summed E-state index contributed by atoms with van der Waals surface area (Å²) in [7, 11) is -3.35. The molecule has 0 aliphatic carbocycles. The molecule has 6 heteroatoms. The van der Waals surface area contributed by atoms with E-state index in [4.69, 9.17) is 0 Å². The van der Waals surface area contributed by atoms with Gasteiger partial charge in [0.25, 0.3) is 0 Å². The van der Waals surface area contributed by atoms with Gasteiger partial charge in [-0.1, -0.05) is 61.5 Å². The monoisotopic (exact) mass is 442 g/mol. The fraction of sp³-hybridized carbons (Fsp3) is 0.480. The van der Waals surface area contributed by atoms with E-state index >= 15 is 0 Å². The van der Waals surface area contributed by atoms with E-state index < -0.39 is 10.0 Å². The standard InChI is InChI=1S/C25H34N2O3S/c1-3-21-13-15-23(16-14-21)20(2)26-25(28)24-12-7-17-27(19-24)31(29,30)18-8-11-22-9-5-4-6-10-22/h4-6,9-10,13-16,20,24H,3,7-8,11-12,17-19H2,1-2H3,(H,26,28)/t20-,24+/m0/s1. The minimum absolute atomic E-state index is 0.0590. The number of nitrogens with zero attached hydrogens (tertiary/aromatic N) is 1. The second-order valence-corrected chi connectivity index (χ2v) is 10.5. The molecule has 2 atom stereocenters. The number of hydrogen-bond donors (Lipinski definition) is 1. The fourth-order valence-electron chi connectivity index (χ4n) is 4.10. The molecule has 1 fully saturated rings. The van der Waals surface area contributed by atoms with Crippen LogP contribution in [0, 0.1) is 5.92 Å². The van der Waals surface area contributed by atoms with Gasteiger partial charge in [0.05, 0.1) is 17.7 Å². The van der Waals surface area contributed by atoms with Gasteiger partial charge in [-0.05, 0) is 55.7 Å². The van der Waals surface area contributed by atoms with Crippen LogP contribution in [0.25, 0.3) is 0 Å². The van der Waals surface area contributed by atoms with E-state index in [9.17, 15) is 13.2 Å². The molecule has 168 valence electrons. The van der Waals surface area contributed by atoms with Crippen molar-refractivity contribution in [3.05, 3.63) is 71.3 Å². The zero-order valence-electron chi connectivity index (χ0n) is 18.6. The Hall–Kier alpha value is -2.18. The van der Waals surface area contributed by atoms with Gasteiger partial charge in [0.1, 0.15) is 0 Å². The Morgan fingerprint density at radius 1 is 1.10 bits per heavy atom. The van der Waals surface area contributed by atoms with Crippen molar-refractivity contribution in [3.63, 3.8) is 0 Å². The van der Waals surface area contributed by atoms with Crippen molar-refractivity contribution in [1.82, 2.24) is 9.62 Å². The number of piperidine rings is 1. The summed E-state index contributed by atoms with van der Waals surface area (Å²) in [5.74, 6) is -0.234. The highest BCUT2D eigenvalue weighted by Crippen LogP contribution is 2.22. The number of benzene rings is 2. The molecule has 1 aliphatic rings. The first-order valence-corrected chi connectivity index (χ1v) is 12.9. The van der Waals surface area contributed by atoms with E-state index in [1.165, 1.54) is 9.87 Å². The van der Waals surface area contributed by atoms with Crippen molar-refractivity contribution < 1.29 is 13.2 Å². The minimum Gasteiger partial charge on any atom is -0.349 e. The van der Waals surface area contributed by atoms with Gasteiger partial charge in [-0.15, -0.1) is 0 Å². The maximum atomic E-state index is 12.8. The normalized spacial score (nSPS) is 18.5. The van der Waals surface area contributed by atoms with Crippen molar-refractivity contribution in [3.8, 4) is 0 Å². The molecule has 31 heavy (non-hydrogen) atoms. The van der Waals surface area contributed by atoms with Crippen LogP contribution in [0.4, 0.5) is 0 Å². The Balaban J connectivity index is 1.52. The SMILES string of the molecule is CCc1ccc([C@H](C)NC(=O)[C@@H]2CCCN(S(=O)(=O)CCCc3ccccc3)C2)cc1. The van der Waals surface area contributed by atoms with Crippen molar-refractivity contribution in [2.75, 3.05) is 18.8 Å². The minimum atomic E-state index is -3.35. The largest absolute Gasteiger partial charge is 0.349 e. The zero-order chi connectivity index (χ0) is 22.3. The lowest BCUT2D eigenvalue weighted by Crippen LogP contribution is -2.46. The second kappa shape index (κ2) is 10.9. The summed E-state index contributed by atoms with van der Waals surface area (Å²) < 4.78 is 27.2. The smallest absolute Gasteiger partial charge is 0.224 e. The molecule has 0 aromatic heterocycles. The van der Waals surface area contributed by atoms with Crippen molar-refractivity contribution >= 4 is 15.9 Å². The first kappa shape index (κ1) is 23.5. The van der Waals surface area contributed by atoms with Crippen molar-refractivity contribution in [2.45, 2.75) is 52.0 Å². The molecule has 1 amide bonds. The number of aryl methyl sites for hydroxylation is 2. The Morgan fingerprint density at radius 3 is 2.48 bits per heavy atom. The molecule has 2 aromatic carbocycles. The fourth-order valence-corrected chi connectivity index (χ4v) is 5.68. The maximum absolute atomic E-state index is 12.8. The summed E-state index contributed by atoms with van der Waals surface area (Å²) in [5, 5.41) is 3.08. The third-order valence-corrected chi connectivity index (χ3v) is 8.03. The number of nitrogens with one attached hydrogen (secondary N) is 1. The predicted octanol–water partition coefficient (Wildman–Crippen LogP) is 4.10. The Kier molecular flexibility index (Phi) is 8.27. The molecular formula is C25H34N2O3S. The van der Waals surface area contributed by atoms with E-state index in [-0.39, 0.29) is 30.2 Å². The molecule has 2 aromatic rings. The van der Waals surface area contributed by atoms with Crippen molar-refractivity contribution in [1.29, 1.82) is 0 Å². The third kappa shape index (κ3) is 6.65. The molecule has 0 radical (unpaired) electrons. The summed E-state index contributed by atoms with van der Waals surface area (Å²) in [5.41, 5.74) is 3.48. The summed E-state index contributed by atoms with van der Waals surface area (Å²) in [6.07, 6.45) is 3.76. The van der Waals surface area contributed by atoms with Gasteiger partial charge >= 0.3 is 0 Å². The van der Waals surface area contributed by atoms with E-state index in [0.717, 1.165) is 36.8 Å². The molecule has 1 heterocycles. The molecule has 5 nitrogen and oxygen atoms in total. The number of hydrogen-bond acceptors (Lipinski definition) is 3. The van der Waals surface area contributed by atoms with E-state index in [1.807, 2.05) is 49.4 Å². The summed E-state index contributed by atoms with van der Waals surface area (Å²) in [6, 6.07) is 18.1. The Bertz CT molecular complexity index is 942. The molecule has 3 rings (SSSR count). The quantitative estimate of drug-likeness (QED) is 0.636. The van der Waals surface area contributed by atoms with Crippen LogP contribution >= 0.6 is 0 Å². The zero-order valence-corrected chi connectivity index (χ0v) is 19.4. The van der Waals surface area contributed by atoms with Crippen LogP contribution < -0.4 is 5.32 Å². The average molecular weight is 443 g/mol. The number of carbonyl (C=O) groups is 1. The third-order valence-electron chi connectivity index (χ3n) is 6.11. The van der Waals surface area contributed by atoms with Gasteiger partial charge in [0.15, 0.2) is 0 Å². The maximum Gasteiger partial charge on any atom is 0.224 e. The van der Waals surface area contributed by atoms with E-state index in [1.54, 1.807) is 0 Å². The van der Waals surface area contributed by atoms with Crippen molar-refractivity contribution in [2.24, 2.45) is 5.92 Å². The Morgan fingerprint density at radius 2 is 1.81 bits per heavy atom. The van der Waals surface area contributed by atoms with Gasteiger partial charge in [-0.3, -0.25) is 4.79 Å². The first-order chi connectivity index (χ1) is 14.9. The van der Waals surface area contributed by atoms with Gasteiger partial charge in [0.2, 0.25) is 15.9 Å². The number of amides is 1. The molecular weight excluding hydrogens is 408 g/mol. The van der Waals surface area contributed by atoms with Crippen LogP contribution in [0.5, 0.6) is 0 Å². The van der Waals surface area contributed by atoms with Crippen LogP contribution in [0.1, 0.15) is 55.8 Å². The van der Waals surface area contributed by atoms with Crippen LogP contribution in [-0.2, 0) is 27.7 Å². The highest BCUT2D eigenvalue weighted by atomic mass is 32.2. The number of sulfonamides is 1. The lowest BCUT2D eigenvalue weighted by molar-refractivity contribution is -0.126. The molecule has 0 saturated carbocycles. The van der Waals surface area contributed by atoms with Crippen LogP contribution in [0.3, 0.4) is 0 Å². The molecule has 1 aliphatic heterocycles. The topological polar surface area (TPSA) is 66.5 Å². The summed E-state index contributed by atoms with van der Waals surface area (Å²) in [4.78, 5) is 12.8. The van der Waals surface area contributed by atoms with Gasteiger partial charge in [-0.25, -0.2) is 12.7 Å². The molecule has 0 spiro atoms. The predicted molar refractivity (Wildman–Crippen MR) is 125 cm³/mol. The highest BCUT2D eigenvalue weighted by molar-refractivity contribution is 7.89. The van der Waals surface area contributed by atoms with Crippen LogP contribution in [0.15, 0.2) is 54.6 Å². The van der Waals surface area contributed by atoms with E-state index in [0.29, 0.717) is 13.0 Å². The molecule has 0 bridgehead atoms. The number of rotatable bonds is 9. The van der Waals surface area contributed by atoms with Crippen LogP contribution in [0.2, 0.25) is 0 Å². The molecule has 0 unspecified atom stereocenters.